The number of aromatic nitrogens is 3. The van der Waals surface area contributed by atoms with Crippen molar-refractivity contribution in [3.8, 4) is 0 Å². The molecule has 5 rings (SSSR count). The Bertz CT molecular complexity index is 1750. The number of carbonyl (C=O) groups is 3. The monoisotopic (exact) mass is 535 g/mol. The molecule has 37 heavy (non-hydrogen) atoms. The van der Waals surface area contributed by atoms with E-state index in [9.17, 15) is 19.2 Å². The minimum Gasteiger partial charge on any atom is -0.273 e. The van der Waals surface area contributed by atoms with Crippen molar-refractivity contribution in [1.29, 1.82) is 0 Å². The van der Waals surface area contributed by atoms with Gasteiger partial charge in [0.15, 0.2) is 0 Å². The van der Waals surface area contributed by atoms with E-state index in [-0.39, 0.29) is 26.9 Å². The third-order valence-corrected chi connectivity index (χ3v) is 6.93. The van der Waals surface area contributed by atoms with E-state index in [1.807, 2.05) is 6.07 Å². The standard InChI is InChI=1S/C26H19Cl2N5O4/c1-13-11-16(14(2)32(13)33-15(3)29-20-9-5-4-7-17(20)25(33)36)12-18-23(34)30-26(37)31(24(18)35)21-10-6-8-19(27)22(21)28/h4-12H,1-3H3,(H,30,34,37). The summed E-state index contributed by atoms with van der Waals surface area (Å²) in [5.41, 5.74) is 1.84. The number of para-hydroxylation sites is 1. The molecule has 11 heteroatoms. The van der Waals surface area contributed by atoms with Crippen LogP contribution in [-0.2, 0) is 9.59 Å². The molecule has 0 saturated carbocycles. The van der Waals surface area contributed by atoms with Gasteiger partial charge in [-0.1, -0.05) is 41.4 Å². The number of carbonyl (C=O) groups excluding carboxylic acids is 3. The quantitative estimate of drug-likeness (QED) is 0.309. The second kappa shape index (κ2) is 9.02. The number of rotatable bonds is 3. The van der Waals surface area contributed by atoms with Crippen LogP contribution in [-0.4, -0.2) is 32.2 Å². The van der Waals surface area contributed by atoms with Gasteiger partial charge in [-0.25, -0.2) is 14.7 Å². The third-order valence-electron chi connectivity index (χ3n) is 6.12. The summed E-state index contributed by atoms with van der Waals surface area (Å²) < 4.78 is 3.12. The van der Waals surface area contributed by atoms with Crippen molar-refractivity contribution in [2.24, 2.45) is 0 Å². The number of barbiturate groups is 1. The van der Waals surface area contributed by atoms with Crippen LogP contribution in [0.5, 0.6) is 0 Å². The SMILES string of the molecule is Cc1cc(C=C2C(=O)NC(=O)N(c3cccc(Cl)c3Cl)C2=O)c(C)n1-n1c(C)nc2ccccc2c1=O. The molecular formula is C26H19Cl2N5O4. The predicted molar refractivity (Wildman–Crippen MR) is 141 cm³/mol. The molecule has 1 N–H and O–H groups in total. The Kier molecular flexibility index (Phi) is 5.97. The molecule has 2 aromatic carbocycles. The number of amides is 4. The lowest BCUT2D eigenvalue weighted by Crippen LogP contribution is -2.54. The van der Waals surface area contributed by atoms with Gasteiger partial charge in [-0.3, -0.25) is 24.4 Å². The first-order valence-corrected chi connectivity index (χ1v) is 11.9. The van der Waals surface area contributed by atoms with Gasteiger partial charge in [0.1, 0.15) is 11.4 Å². The van der Waals surface area contributed by atoms with Crippen LogP contribution in [0.1, 0.15) is 22.8 Å². The smallest absolute Gasteiger partial charge is 0.273 e. The van der Waals surface area contributed by atoms with Crippen LogP contribution in [0.2, 0.25) is 10.0 Å². The van der Waals surface area contributed by atoms with E-state index < -0.39 is 17.8 Å². The van der Waals surface area contributed by atoms with Crippen molar-refractivity contribution in [3.05, 3.63) is 97.3 Å². The Labute approximate surface area is 220 Å². The number of nitrogens with one attached hydrogen (secondary N) is 1. The van der Waals surface area contributed by atoms with Crippen LogP contribution in [0.25, 0.3) is 17.0 Å². The van der Waals surface area contributed by atoms with Crippen molar-refractivity contribution < 1.29 is 14.4 Å². The minimum atomic E-state index is -0.939. The van der Waals surface area contributed by atoms with E-state index in [0.717, 1.165) is 4.90 Å². The Morgan fingerprint density at radius 2 is 1.65 bits per heavy atom. The third kappa shape index (κ3) is 3.92. The van der Waals surface area contributed by atoms with Crippen LogP contribution >= 0.6 is 23.2 Å². The Balaban J connectivity index is 1.64. The van der Waals surface area contributed by atoms with Gasteiger partial charge in [-0.05, 0) is 62.7 Å². The molecule has 186 valence electrons. The van der Waals surface area contributed by atoms with E-state index in [1.54, 1.807) is 49.7 Å². The normalized spacial score (nSPS) is 15.1. The highest BCUT2D eigenvalue weighted by Crippen LogP contribution is 2.34. The lowest BCUT2D eigenvalue weighted by Gasteiger charge is -2.27. The summed E-state index contributed by atoms with van der Waals surface area (Å²) in [5.74, 6) is -1.25. The highest BCUT2D eigenvalue weighted by Gasteiger charge is 2.38. The molecule has 0 spiro atoms. The average molecular weight is 536 g/mol. The molecule has 1 fully saturated rings. The van der Waals surface area contributed by atoms with Crippen LogP contribution in [0.4, 0.5) is 10.5 Å². The van der Waals surface area contributed by atoms with E-state index in [4.69, 9.17) is 23.2 Å². The predicted octanol–water partition coefficient (Wildman–Crippen LogP) is 4.41. The molecule has 9 nitrogen and oxygen atoms in total. The molecule has 4 aromatic rings. The second-order valence-electron chi connectivity index (χ2n) is 8.46. The van der Waals surface area contributed by atoms with Crippen LogP contribution in [0.15, 0.2) is 58.9 Å². The van der Waals surface area contributed by atoms with Crippen molar-refractivity contribution in [2.45, 2.75) is 20.8 Å². The molecule has 0 atom stereocenters. The van der Waals surface area contributed by atoms with Gasteiger partial charge in [-0.2, -0.15) is 4.68 Å². The number of benzene rings is 2. The summed E-state index contributed by atoms with van der Waals surface area (Å²) in [6, 6.07) is 12.3. The molecule has 4 amide bonds. The average Bonchev–Trinajstić information content (AvgIpc) is 3.12. The van der Waals surface area contributed by atoms with Gasteiger partial charge in [0.05, 0.1) is 26.6 Å². The summed E-state index contributed by atoms with van der Waals surface area (Å²) in [6.45, 7) is 5.27. The molecule has 1 saturated heterocycles. The van der Waals surface area contributed by atoms with Gasteiger partial charge in [-0.15, -0.1) is 0 Å². The number of nitrogens with zero attached hydrogens (tertiary/aromatic N) is 4. The zero-order chi connectivity index (χ0) is 26.6. The summed E-state index contributed by atoms with van der Waals surface area (Å²) in [5, 5.41) is 2.77. The first-order valence-electron chi connectivity index (χ1n) is 11.1. The van der Waals surface area contributed by atoms with Crippen LogP contribution < -0.4 is 15.8 Å². The number of anilines is 1. The maximum atomic E-state index is 13.4. The second-order valence-corrected chi connectivity index (χ2v) is 9.25. The molecule has 3 heterocycles. The van der Waals surface area contributed by atoms with Crippen LogP contribution in [0, 0.1) is 20.8 Å². The van der Waals surface area contributed by atoms with Gasteiger partial charge in [0.2, 0.25) is 0 Å². The van der Waals surface area contributed by atoms with E-state index in [1.165, 1.54) is 29.0 Å². The molecular weight excluding hydrogens is 517 g/mol. The number of hydrogen-bond acceptors (Lipinski definition) is 5. The lowest BCUT2D eigenvalue weighted by molar-refractivity contribution is -0.122. The minimum absolute atomic E-state index is 0.00167. The Morgan fingerprint density at radius 1 is 0.919 bits per heavy atom. The highest BCUT2D eigenvalue weighted by molar-refractivity contribution is 6.46. The number of imide groups is 2. The number of aryl methyl sites for hydroxylation is 2. The molecule has 2 aromatic heterocycles. The van der Waals surface area contributed by atoms with Gasteiger partial charge in [0.25, 0.3) is 17.4 Å². The maximum absolute atomic E-state index is 13.4. The fraction of sp³-hybridized carbons (Fsp3) is 0.115. The maximum Gasteiger partial charge on any atom is 0.336 e. The fourth-order valence-corrected chi connectivity index (χ4v) is 4.78. The van der Waals surface area contributed by atoms with E-state index >= 15 is 0 Å². The first kappa shape index (κ1) is 24.5. The van der Waals surface area contributed by atoms with Crippen molar-refractivity contribution in [1.82, 2.24) is 19.7 Å². The van der Waals surface area contributed by atoms with Gasteiger partial charge in [0, 0.05) is 11.4 Å². The number of urea groups is 1. The lowest BCUT2D eigenvalue weighted by atomic mass is 10.1. The van der Waals surface area contributed by atoms with Crippen molar-refractivity contribution in [2.75, 3.05) is 4.90 Å². The van der Waals surface area contributed by atoms with Crippen LogP contribution in [0.3, 0.4) is 0 Å². The topological polar surface area (TPSA) is 106 Å². The van der Waals surface area contributed by atoms with E-state index in [0.29, 0.717) is 33.7 Å². The zero-order valence-electron chi connectivity index (χ0n) is 19.9. The summed E-state index contributed by atoms with van der Waals surface area (Å²) in [6.07, 6.45) is 1.38. The molecule has 1 aliphatic rings. The molecule has 1 aliphatic heterocycles. The highest BCUT2D eigenvalue weighted by atomic mass is 35.5. The number of fused-ring (bicyclic) bond motifs is 1. The van der Waals surface area contributed by atoms with Gasteiger partial charge >= 0.3 is 6.03 Å². The van der Waals surface area contributed by atoms with E-state index in [2.05, 4.69) is 10.3 Å². The van der Waals surface area contributed by atoms with Crippen molar-refractivity contribution >= 4 is 63.7 Å². The fourth-order valence-electron chi connectivity index (χ4n) is 4.40. The summed E-state index contributed by atoms with van der Waals surface area (Å²) in [4.78, 5) is 57.3. The molecule has 0 aliphatic carbocycles. The van der Waals surface area contributed by atoms with Gasteiger partial charge < -0.3 is 0 Å². The first-order chi connectivity index (χ1) is 17.6. The Hall–Kier alpha value is -4.21. The zero-order valence-corrected chi connectivity index (χ0v) is 21.4. The van der Waals surface area contributed by atoms with Crippen molar-refractivity contribution in [3.63, 3.8) is 0 Å². The summed E-state index contributed by atoms with van der Waals surface area (Å²) in [7, 11) is 0. The summed E-state index contributed by atoms with van der Waals surface area (Å²) >= 11 is 12.3. The molecule has 0 unspecified atom stereocenters. The molecule has 0 radical (unpaired) electrons. The molecule has 0 bridgehead atoms. The Morgan fingerprint density at radius 3 is 2.41 bits per heavy atom. The largest absolute Gasteiger partial charge is 0.336 e. The number of halogens is 2. The number of hydrogen-bond donors (Lipinski definition) is 1.